The third kappa shape index (κ3) is 4.10. The molecule has 0 amide bonds. The summed E-state index contributed by atoms with van der Waals surface area (Å²) in [7, 11) is 1.63. The van der Waals surface area contributed by atoms with E-state index < -0.39 is 0 Å². The van der Waals surface area contributed by atoms with Gasteiger partial charge in [0.15, 0.2) is 0 Å². The van der Waals surface area contributed by atoms with Crippen molar-refractivity contribution in [3.05, 3.63) is 101 Å². The van der Waals surface area contributed by atoms with E-state index in [1.54, 1.807) is 7.11 Å². The number of aryl methyl sites for hydroxylation is 1. The van der Waals surface area contributed by atoms with Crippen LogP contribution in [0.25, 0.3) is 10.9 Å². The van der Waals surface area contributed by atoms with Gasteiger partial charge in [-0.2, -0.15) is 0 Å². The molecule has 5 heteroatoms. The molecule has 0 spiro atoms. The summed E-state index contributed by atoms with van der Waals surface area (Å²) in [6.07, 6.45) is 1.82. The predicted molar refractivity (Wildman–Crippen MR) is 131 cm³/mol. The van der Waals surface area contributed by atoms with E-state index in [0.717, 1.165) is 39.0 Å². The fourth-order valence-corrected chi connectivity index (χ4v) is 4.77. The van der Waals surface area contributed by atoms with E-state index >= 15 is 0 Å². The first-order valence-corrected chi connectivity index (χ1v) is 11.6. The summed E-state index contributed by atoms with van der Waals surface area (Å²) in [6, 6.07) is 23.1. The lowest BCUT2D eigenvalue weighted by Gasteiger charge is -2.22. The molecular formula is C29H27NO4. The summed E-state index contributed by atoms with van der Waals surface area (Å²) in [4.78, 5) is 26.5. The molecule has 0 bridgehead atoms. The molecule has 1 aliphatic carbocycles. The first kappa shape index (κ1) is 22.0. The van der Waals surface area contributed by atoms with E-state index in [0.29, 0.717) is 24.8 Å². The molecule has 0 aliphatic heterocycles. The highest BCUT2D eigenvalue weighted by molar-refractivity contribution is 6.04. The molecule has 0 N–H and O–H groups in total. The van der Waals surface area contributed by atoms with Crippen molar-refractivity contribution in [2.24, 2.45) is 5.92 Å². The Kier molecular flexibility index (Phi) is 5.93. The number of methoxy groups -OCH3 is 1. The Morgan fingerprint density at radius 3 is 2.50 bits per heavy atom. The number of rotatable bonds is 5. The summed E-state index contributed by atoms with van der Waals surface area (Å²) in [6.45, 7) is 2.27. The van der Waals surface area contributed by atoms with E-state index in [2.05, 4.69) is 0 Å². The second-order valence-electron chi connectivity index (χ2n) is 8.85. The van der Waals surface area contributed by atoms with E-state index in [9.17, 15) is 9.59 Å². The second-order valence-corrected chi connectivity index (χ2v) is 8.85. The number of nitrogens with zero attached hydrogens (tertiary/aromatic N) is 1. The minimum atomic E-state index is -0.240. The maximum atomic E-state index is 13.6. The van der Waals surface area contributed by atoms with Crippen molar-refractivity contribution in [2.75, 3.05) is 7.11 Å². The van der Waals surface area contributed by atoms with Gasteiger partial charge in [-0.15, -0.1) is 0 Å². The Hall–Kier alpha value is -3.86. The van der Waals surface area contributed by atoms with E-state index in [4.69, 9.17) is 9.47 Å². The third-order valence-corrected chi connectivity index (χ3v) is 6.63. The van der Waals surface area contributed by atoms with Gasteiger partial charge in [0.25, 0.3) is 5.91 Å². The molecule has 172 valence electrons. The summed E-state index contributed by atoms with van der Waals surface area (Å²) in [5, 5.41) is 0.954. The lowest BCUT2D eigenvalue weighted by Crippen LogP contribution is -2.26. The lowest BCUT2D eigenvalue weighted by atomic mass is 9.86. The molecule has 1 atom stereocenters. The number of hydrogen-bond acceptors (Lipinski definition) is 4. The number of ether oxygens (including phenoxy) is 2. The van der Waals surface area contributed by atoms with Gasteiger partial charge in [0.1, 0.15) is 12.4 Å². The van der Waals surface area contributed by atoms with Crippen molar-refractivity contribution >= 4 is 22.8 Å². The van der Waals surface area contributed by atoms with Crippen molar-refractivity contribution in [3.63, 3.8) is 0 Å². The van der Waals surface area contributed by atoms with Crippen LogP contribution in [0.5, 0.6) is 5.75 Å². The van der Waals surface area contributed by atoms with Crippen LogP contribution in [0.4, 0.5) is 0 Å². The maximum Gasteiger partial charge on any atom is 0.309 e. The Labute approximate surface area is 198 Å². The average Bonchev–Trinajstić information content (AvgIpc) is 3.20. The van der Waals surface area contributed by atoms with Crippen LogP contribution in [0.15, 0.2) is 72.8 Å². The average molecular weight is 454 g/mol. The number of fused-ring (bicyclic) bond motifs is 3. The number of carbonyl (C=O) groups excluding carboxylic acids is 2. The Balaban J connectivity index is 1.48. The molecule has 1 heterocycles. The van der Waals surface area contributed by atoms with Crippen molar-refractivity contribution in [1.82, 2.24) is 4.57 Å². The number of hydrogen-bond donors (Lipinski definition) is 0. The van der Waals surface area contributed by atoms with Gasteiger partial charge in [-0.05, 0) is 67.6 Å². The topological polar surface area (TPSA) is 57.5 Å². The molecule has 0 saturated heterocycles. The zero-order valence-corrected chi connectivity index (χ0v) is 19.4. The van der Waals surface area contributed by atoms with Crippen molar-refractivity contribution in [3.8, 4) is 5.75 Å². The van der Waals surface area contributed by atoms with E-state index in [-0.39, 0.29) is 24.4 Å². The van der Waals surface area contributed by atoms with Crippen LogP contribution in [-0.4, -0.2) is 23.6 Å². The highest BCUT2D eigenvalue weighted by Crippen LogP contribution is 2.37. The maximum absolute atomic E-state index is 13.6. The molecular weight excluding hydrogens is 426 g/mol. The van der Waals surface area contributed by atoms with E-state index in [1.165, 1.54) is 0 Å². The molecule has 1 aliphatic rings. The van der Waals surface area contributed by atoms with Gasteiger partial charge in [0.05, 0.1) is 18.5 Å². The first-order chi connectivity index (χ1) is 16.5. The van der Waals surface area contributed by atoms with Crippen LogP contribution in [0.3, 0.4) is 0 Å². The van der Waals surface area contributed by atoms with Gasteiger partial charge < -0.3 is 9.47 Å². The van der Waals surface area contributed by atoms with Crippen LogP contribution in [-0.2, 0) is 29.0 Å². The summed E-state index contributed by atoms with van der Waals surface area (Å²) in [5.74, 6) is 0.240. The molecule has 5 nitrogen and oxygen atoms in total. The fourth-order valence-electron chi connectivity index (χ4n) is 4.77. The third-order valence-electron chi connectivity index (χ3n) is 6.63. The number of aromatic nitrogens is 1. The van der Waals surface area contributed by atoms with Crippen LogP contribution in [0.2, 0.25) is 0 Å². The molecule has 34 heavy (non-hydrogen) atoms. The van der Waals surface area contributed by atoms with Crippen molar-refractivity contribution in [2.45, 2.75) is 32.8 Å². The molecule has 5 rings (SSSR count). The summed E-state index contributed by atoms with van der Waals surface area (Å²) >= 11 is 0. The number of carbonyl (C=O) groups is 2. The fraction of sp³-hybridized carbons (Fsp3) is 0.241. The van der Waals surface area contributed by atoms with Crippen LogP contribution in [0, 0.1) is 12.8 Å². The predicted octanol–water partition coefficient (Wildman–Crippen LogP) is 5.50. The highest BCUT2D eigenvalue weighted by atomic mass is 16.5. The summed E-state index contributed by atoms with van der Waals surface area (Å²) in [5.41, 5.74) is 5.57. The second kappa shape index (κ2) is 9.18. The SMILES string of the molecule is COc1ccc2c(c1)c1c(n2C(=O)c2ccc(C)cc2)CCC(C(=O)OCc2ccccc2)C1. The van der Waals surface area contributed by atoms with Gasteiger partial charge in [0, 0.05) is 16.6 Å². The van der Waals surface area contributed by atoms with Crippen LogP contribution >= 0.6 is 0 Å². The van der Waals surface area contributed by atoms with Gasteiger partial charge in [0.2, 0.25) is 0 Å². The van der Waals surface area contributed by atoms with Gasteiger partial charge in [-0.3, -0.25) is 14.2 Å². The Morgan fingerprint density at radius 2 is 1.76 bits per heavy atom. The molecule has 0 saturated carbocycles. The number of esters is 1. The molecule has 3 aromatic carbocycles. The van der Waals surface area contributed by atoms with Gasteiger partial charge in [-0.25, -0.2) is 0 Å². The lowest BCUT2D eigenvalue weighted by molar-refractivity contribution is -0.150. The first-order valence-electron chi connectivity index (χ1n) is 11.6. The standard InChI is InChI=1S/C29H27NO4/c1-19-8-10-21(11-9-19)28(31)30-26-14-12-22(29(32)34-18-20-6-4-3-5-7-20)16-24(26)25-17-23(33-2)13-15-27(25)30/h3-11,13,15,17,22H,12,14,16,18H2,1-2H3. The van der Waals surface area contributed by atoms with Gasteiger partial charge in [-0.1, -0.05) is 48.0 Å². The van der Waals surface area contributed by atoms with Crippen LogP contribution in [0.1, 0.15) is 39.2 Å². The zero-order valence-electron chi connectivity index (χ0n) is 19.4. The Morgan fingerprint density at radius 1 is 1.00 bits per heavy atom. The summed E-state index contributed by atoms with van der Waals surface area (Å²) < 4.78 is 12.9. The minimum absolute atomic E-state index is 0.0541. The molecule has 1 unspecified atom stereocenters. The molecule has 1 aromatic heterocycles. The van der Waals surface area contributed by atoms with Crippen molar-refractivity contribution < 1.29 is 19.1 Å². The highest BCUT2D eigenvalue weighted by Gasteiger charge is 2.32. The molecule has 0 radical (unpaired) electrons. The largest absolute Gasteiger partial charge is 0.497 e. The monoisotopic (exact) mass is 453 g/mol. The normalized spacial score (nSPS) is 15.1. The Bertz CT molecular complexity index is 1350. The van der Waals surface area contributed by atoms with E-state index in [1.807, 2.05) is 84.3 Å². The van der Waals surface area contributed by atoms with Crippen LogP contribution < -0.4 is 4.74 Å². The van der Waals surface area contributed by atoms with Crippen molar-refractivity contribution in [1.29, 1.82) is 0 Å². The quantitative estimate of drug-likeness (QED) is 0.375. The van der Waals surface area contributed by atoms with Gasteiger partial charge >= 0.3 is 5.97 Å². The smallest absolute Gasteiger partial charge is 0.309 e. The minimum Gasteiger partial charge on any atom is -0.497 e. The molecule has 0 fully saturated rings. The molecule has 4 aromatic rings. The zero-order chi connectivity index (χ0) is 23.7. The number of benzene rings is 3.